The fraction of sp³-hybridized carbons (Fsp3) is 0.500. The van der Waals surface area contributed by atoms with Gasteiger partial charge in [-0.25, -0.2) is 8.78 Å². The summed E-state index contributed by atoms with van der Waals surface area (Å²) in [5.74, 6) is -1.67. The molecular weight excluding hydrogens is 580 g/mol. The molecule has 4 N–H and O–H groups in total. The van der Waals surface area contributed by atoms with Crippen molar-refractivity contribution in [3.8, 4) is 0 Å². The Morgan fingerprint density at radius 2 is 1.80 bits per heavy atom. The summed E-state index contributed by atoms with van der Waals surface area (Å²) in [6.45, 7) is 4.14. The number of allylic oxidation sites excluding steroid dienone is 4. The zero-order valence-electron chi connectivity index (χ0n) is 25.6. The van der Waals surface area contributed by atoms with Crippen molar-refractivity contribution >= 4 is 17.3 Å². The number of ether oxygens (including phenoxy) is 2. The molecular formula is C36H39F2NO6. The van der Waals surface area contributed by atoms with Gasteiger partial charge in [-0.2, -0.15) is 0 Å². The van der Waals surface area contributed by atoms with E-state index in [0.717, 1.165) is 17.2 Å². The number of aliphatic hydroxyl groups excluding tert-OH is 2. The van der Waals surface area contributed by atoms with Crippen LogP contribution in [0.25, 0.3) is 0 Å². The maximum atomic E-state index is 17.9. The number of aliphatic hydroxyl groups is 2. The van der Waals surface area contributed by atoms with Gasteiger partial charge < -0.3 is 25.4 Å². The highest BCUT2D eigenvalue weighted by Gasteiger charge is 2.83. The van der Waals surface area contributed by atoms with Crippen molar-refractivity contribution in [1.29, 1.82) is 0 Å². The molecule has 9 heteroatoms. The molecule has 10 atom stereocenters. The Morgan fingerprint density at radius 3 is 2.49 bits per heavy atom. The van der Waals surface area contributed by atoms with E-state index in [1.807, 2.05) is 48.5 Å². The van der Waals surface area contributed by atoms with E-state index in [9.17, 15) is 19.8 Å². The van der Waals surface area contributed by atoms with Crippen molar-refractivity contribution in [2.45, 2.75) is 82.4 Å². The molecule has 7 nitrogen and oxygen atoms in total. The quantitative estimate of drug-likeness (QED) is 0.408. The predicted octanol–water partition coefficient (Wildman–Crippen LogP) is 4.89. The first-order valence-corrected chi connectivity index (χ1v) is 15.6. The van der Waals surface area contributed by atoms with Crippen LogP contribution in [0.2, 0.25) is 0 Å². The molecule has 2 aromatic carbocycles. The van der Waals surface area contributed by atoms with E-state index < -0.39 is 76.3 Å². The summed E-state index contributed by atoms with van der Waals surface area (Å²) >= 11 is 0. The Hall–Kier alpha value is -3.24. The van der Waals surface area contributed by atoms with Crippen LogP contribution < -0.4 is 5.73 Å². The van der Waals surface area contributed by atoms with Crippen LogP contribution in [-0.4, -0.2) is 58.0 Å². The largest absolute Gasteiger partial charge is 0.399 e. The first-order chi connectivity index (χ1) is 21.2. The van der Waals surface area contributed by atoms with Crippen molar-refractivity contribution in [3.63, 3.8) is 0 Å². The molecule has 4 fully saturated rings. The third-order valence-electron chi connectivity index (χ3n) is 12.1. The van der Waals surface area contributed by atoms with Crippen LogP contribution in [0.4, 0.5) is 14.5 Å². The van der Waals surface area contributed by atoms with Gasteiger partial charge in [0.05, 0.1) is 12.2 Å². The minimum Gasteiger partial charge on any atom is -0.399 e. The number of rotatable bonds is 5. The standard InChI is InChI=1S/C36H39F2NO6/c1-32-12-11-24(41)15-25(32)26(37)17-34(3)27-16-30-35(29(43)19-40,33(27,2)18-28(42)36(32,34)38)45-31(44-30)22-9-7-20(8-10-22)13-21-5-4-6-23(39)14-21/h4-12,14-15,26-28,30-31,40,42H,13,16-19,39H2,1-3H3/t26-,27+,28-,30+,31+,32-,33-,34-,35+,36-/m0/s1. The fourth-order valence-corrected chi connectivity index (χ4v) is 10.1. The smallest absolute Gasteiger partial charge is 0.193 e. The summed E-state index contributed by atoms with van der Waals surface area (Å²) in [5, 5.41) is 22.0. The predicted molar refractivity (Wildman–Crippen MR) is 162 cm³/mol. The summed E-state index contributed by atoms with van der Waals surface area (Å²) in [5.41, 5.74) is 1.15. The summed E-state index contributed by atoms with van der Waals surface area (Å²) in [7, 11) is 0. The SMILES string of the molecule is C[C@]12C=CC(=O)C=C1[C@@H](F)C[C@@]1(C)[C@@H]3C[C@H]4O[C@@H](c5ccc(Cc6cccc(N)c6)cc5)O[C@@]4(C(=O)CO)[C@@]3(C)C[C@H](O)[C@]21F. The van der Waals surface area contributed by atoms with Crippen LogP contribution in [0.1, 0.15) is 63.0 Å². The second kappa shape index (κ2) is 9.88. The number of hydrogen-bond acceptors (Lipinski definition) is 7. The zero-order chi connectivity index (χ0) is 32.2. The van der Waals surface area contributed by atoms with Crippen LogP contribution in [-0.2, 0) is 25.5 Å². The Bertz CT molecular complexity index is 1640. The molecule has 1 heterocycles. The molecule has 3 saturated carbocycles. The molecule has 238 valence electrons. The van der Waals surface area contributed by atoms with Crippen molar-refractivity contribution in [3.05, 3.63) is 89.0 Å². The van der Waals surface area contributed by atoms with Crippen LogP contribution in [0.15, 0.2) is 72.3 Å². The summed E-state index contributed by atoms with van der Waals surface area (Å²) in [6.07, 6.45) is -0.880. The number of nitrogen functional groups attached to an aromatic ring is 1. The molecule has 2 aromatic rings. The lowest BCUT2D eigenvalue weighted by Crippen LogP contribution is -2.74. The molecule has 7 rings (SSSR count). The number of carbonyl (C=O) groups is 2. The van der Waals surface area contributed by atoms with Gasteiger partial charge in [-0.05, 0) is 79.5 Å². The summed E-state index contributed by atoms with van der Waals surface area (Å²) < 4.78 is 47.0. The fourth-order valence-electron chi connectivity index (χ4n) is 10.1. The van der Waals surface area contributed by atoms with Crippen molar-refractivity contribution < 1.29 is 38.1 Å². The third-order valence-corrected chi connectivity index (χ3v) is 12.1. The molecule has 0 aromatic heterocycles. The van der Waals surface area contributed by atoms with Gasteiger partial charge in [0.25, 0.3) is 0 Å². The third kappa shape index (κ3) is 3.81. The highest BCUT2D eigenvalue weighted by Crippen LogP contribution is 2.76. The zero-order valence-corrected chi connectivity index (χ0v) is 25.6. The maximum Gasteiger partial charge on any atom is 0.193 e. The van der Waals surface area contributed by atoms with E-state index in [4.69, 9.17) is 15.2 Å². The molecule has 1 aliphatic heterocycles. The van der Waals surface area contributed by atoms with Gasteiger partial charge in [0.1, 0.15) is 12.8 Å². The first-order valence-electron chi connectivity index (χ1n) is 15.6. The molecule has 0 spiro atoms. The Balaban J connectivity index is 1.24. The number of anilines is 1. The molecule has 0 amide bonds. The second-order valence-corrected chi connectivity index (χ2v) is 14.3. The summed E-state index contributed by atoms with van der Waals surface area (Å²) in [4.78, 5) is 26.0. The molecule has 45 heavy (non-hydrogen) atoms. The van der Waals surface area contributed by atoms with Gasteiger partial charge in [-0.3, -0.25) is 9.59 Å². The average molecular weight is 620 g/mol. The molecule has 0 radical (unpaired) electrons. The van der Waals surface area contributed by atoms with Crippen LogP contribution in [0.5, 0.6) is 0 Å². The first kappa shape index (κ1) is 30.4. The second-order valence-electron chi connectivity index (χ2n) is 14.3. The number of Topliss-reactive ketones (excluding diaryl/α,β-unsaturated/α-hetero) is 1. The van der Waals surface area contributed by atoms with Crippen LogP contribution >= 0.6 is 0 Å². The highest BCUT2D eigenvalue weighted by molar-refractivity contribution is 6.01. The van der Waals surface area contributed by atoms with Gasteiger partial charge in [0.15, 0.2) is 29.1 Å². The van der Waals surface area contributed by atoms with E-state index in [1.165, 1.54) is 12.2 Å². The van der Waals surface area contributed by atoms with Gasteiger partial charge in [0.2, 0.25) is 0 Å². The number of benzene rings is 2. The van der Waals surface area contributed by atoms with E-state index in [0.29, 0.717) is 17.7 Å². The molecule has 0 unspecified atom stereocenters. The number of ketones is 2. The average Bonchev–Trinajstić information content (AvgIpc) is 3.50. The van der Waals surface area contributed by atoms with Crippen LogP contribution in [0, 0.1) is 22.2 Å². The highest BCUT2D eigenvalue weighted by atomic mass is 19.1. The Labute approximate surface area is 261 Å². The number of alkyl halides is 2. The molecule has 0 bridgehead atoms. The van der Waals surface area contributed by atoms with Gasteiger partial charge in [-0.1, -0.05) is 56.3 Å². The van der Waals surface area contributed by atoms with Crippen LogP contribution in [0.3, 0.4) is 0 Å². The normalized spacial score (nSPS) is 43.2. The topological polar surface area (TPSA) is 119 Å². The lowest BCUT2D eigenvalue weighted by Gasteiger charge is -2.68. The Morgan fingerprint density at radius 1 is 1.07 bits per heavy atom. The van der Waals surface area contributed by atoms with E-state index in [2.05, 4.69) is 0 Å². The van der Waals surface area contributed by atoms with Gasteiger partial charge in [-0.15, -0.1) is 0 Å². The van der Waals surface area contributed by atoms with Gasteiger partial charge >= 0.3 is 0 Å². The van der Waals surface area contributed by atoms with E-state index >= 15 is 8.78 Å². The van der Waals surface area contributed by atoms with Crippen molar-refractivity contribution in [2.75, 3.05) is 12.3 Å². The Kier molecular flexibility index (Phi) is 6.68. The lowest BCUT2D eigenvalue weighted by atomic mass is 9.38. The monoisotopic (exact) mass is 619 g/mol. The minimum absolute atomic E-state index is 0.0312. The minimum atomic E-state index is -2.35. The number of halogens is 2. The molecule has 5 aliphatic rings. The van der Waals surface area contributed by atoms with Gasteiger partial charge in [0, 0.05) is 27.5 Å². The summed E-state index contributed by atoms with van der Waals surface area (Å²) in [6, 6.07) is 15.3. The van der Waals surface area contributed by atoms with E-state index in [1.54, 1.807) is 20.8 Å². The number of carbonyl (C=O) groups excluding carboxylic acids is 2. The number of nitrogens with two attached hydrogens (primary N) is 1. The lowest BCUT2D eigenvalue weighted by molar-refractivity contribution is -0.269. The van der Waals surface area contributed by atoms with E-state index in [-0.39, 0.29) is 24.8 Å². The number of fused-ring (bicyclic) bond motifs is 7. The molecule has 1 saturated heterocycles. The molecule has 4 aliphatic carbocycles. The van der Waals surface area contributed by atoms with Crippen molar-refractivity contribution in [2.24, 2.45) is 22.2 Å². The van der Waals surface area contributed by atoms with Crippen molar-refractivity contribution in [1.82, 2.24) is 0 Å². The number of hydrogen-bond donors (Lipinski definition) is 3. The maximum absolute atomic E-state index is 17.9.